The number of piperidine rings is 1. The van der Waals surface area contributed by atoms with Crippen LogP contribution in [-0.4, -0.2) is 74.2 Å². The van der Waals surface area contributed by atoms with E-state index < -0.39 is 10.0 Å². The van der Waals surface area contributed by atoms with Crippen molar-refractivity contribution < 1.29 is 22.7 Å². The Balaban J connectivity index is 1.30. The largest absolute Gasteiger partial charge is 0.494 e. The van der Waals surface area contributed by atoms with Gasteiger partial charge >= 0.3 is 0 Å². The third-order valence-corrected chi connectivity index (χ3v) is 7.50. The number of amides is 1. The van der Waals surface area contributed by atoms with Gasteiger partial charge in [-0.05, 0) is 25.0 Å². The molecule has 0 aliphatic carbocycles. The Morgan fingerprint density at radius 3 is 2.61 bits per heavy atom. The first kappa shape index (κ1) is 19.4. The summed E-state index contributed by atoms with van der Waals surface area (Å²) in [6.45, 7) is 1.91. The van der Waals surface area contributed by atoms with Crippen LogP contribution in [0.25, 0.3) is 10.2 Å². The number of fused-ring (bicyclic) bond motifs is 1. The van der Waals surface area contributed by atoms with Crippen molar-refractivity contribution in [2.45, 2.75) is 18.9 Å². The molecule has 0 N–H and O–H groups in total. The average molecular weight is 426 g/mol. The number of ether oxygens (including phenoxy) is 2. The average Bonchev–Trinajstić information content (AvgIpc) is 3.06. The van der Waals surface area contributed by atoms with Crippen LogP contribution >= 0.6 is 11.3 Å². The van der Waals surface area contributed by atoms with Gasteiger partial charge in [0.15, 0.2) is 0 Å². The summed E-state index contributed by atoms with van der Waals surface area (Å²) in [5.41, 5.74) is 0.787. The Kier molecular flexibility index (Phi) is 5.19. The van der Waals surface area contributed by atoms with Gasteiger partial charge in [0.05, 0.1) is 31.2 Å². The Morgan fingerprint density at radius 2 is 1.96 bits per heavy atom. The van der Waals surface area contributed by atoms with Crippen LogP contribution < -0.4 is 9.47 Å². The van der Waals surface area contributed by atoms with Crippen LogP contribution in [-0.2, 0) is 14.8 Å². The zero-order chi connectivity index (χ0) is 19.9. The number of hydrogen-bond donors (Lipinski definition) is 0. The van der Waals surface area contributed by atoms with Crippen LogP contribution in [0.1, 0.15) is 12.8 Å². The molecule has 0 bridgehead atoms. The first-order valence-corrected chi connectivity index (χ1v) is 11.9. The minimum Gasteiger partial charge on any atom is -0.494 e. The van der Waals surface area contributed by atoms with Crippen molar-refractivity contribution in [2.24, 2.45) is 5.92 Å². The van der Waals surface area contributed by atoms with E-state index in [9.17, 15) is 13.2 Å². The molecule has 0 unspecified atom stereocenters. The van der Waals surface area contributed by atoms with Gasteiger partial charge in [-0.15, -0.1) is 0 Å². The first-order chi connectivity index (χ1) is 13.3. The van der Waals surface area contributed by atoms with E-state index in [1.807, 2.05) is 18.2 Å². The topological polar surface area (TPSA) is 89.0 Å². The molecule has 1 aromatic heterocycles. The summed E-state index contributed by atoms with van der Waals surface area (Å²) in [5.74, 6) is 0.707. The number of hydrogen-bond acceptors (Lipinski definition) is 7. The smallest absolute Gasteiger partial charge is 0.274 e. The van der Waals surface area contributed by atoms with E-state index in [0.717, 1.165) is 16.0 Å². The zero-order valence-corrected chi connectivity index (χ0v) is 17.5. The van der Waals surface area contributed by atoms with Crippen LogP contribution in [0.15, 0.2) is 18.2 Å². The molecule has 1 aromatic carbocycles. The fourth-order valence-electron chi connectivity index (χ4n) is 3.65. The molecule has 8 nitrogen and oxygen atoms in total. The van der Waals surface area contributed by atoms with Gasteiger partial charge in [-0.25, -0.2) is 12.7 Å². The number of rotatable bonds is 5. The maximum absolute atomic E-state index is 12.6. The van der Waals surface area contributed by atoms with Crippen molar-refractivity contribution in [3.05, 3.63) is 18.2 Å². The predicted molar refractivity (Wildman–Crippen MR) is 106 cm³/mol. The predicted octanol–water partition coefficient (Wildman–Crippen LogP) is 1.57. The number of para-hydroxylation sites is 1. The van der Waals surface area contributed by atoms with Crippen LogP contribution in [0.2, 0.25) is 0 Å². The van der Waals surface area contributed by atoms with Crippen LogP contribution in [0.5, 0.6) is 10.9 Å². The van der Waals surface area contributed by atoms with Gasteiger partial charge in [0.2, 0.25) is 15.9 Å². The van der Waals surface area contributed by atoms with Gasteiger partial charge in [0.1, 0.15) is 17.4 Å². The lowest BCUT2D eigenvalue weighted by Crippen LogP contribution is -2.58. The standard InChI is InChI=1S/C18H23N3O5S2/c1-25-14-4-3-5-15-16(14)19-18(27-15)26-13-10-20(11-13)17(22)12-6-8-21(9-7-12)28(2,23)24/h3-5,12-13H,6-11H2,1-2H3. The summed E-state index contributed by atoms with van der Waals surface area (Å²) < 4.78 is 36.9. The minimum atomic E-state index is -3.17. The SMILES string of the molecule is COc1cccc2sc(OC3CN(C(=O)C4CCN(S(C)(=O)=O)CC4)C3)nc12. The summed E-state index contributed by atoms with van der Waals surface area (Å²) in [6, 6.07) is 5.76. The van der Waals surface area contributed by atoms with Gasteiger partial charge in [0.25, 0.3) is 5.19 Å². The van der Waals surface area contributed by atoms with E-state index in [4.69, 9.17) is 9.47 Å². The van der Waals surface area contributed by atoms with Crippen molar-refractivity contribution in [3.8, 4) is 10.9 Å². The van der Waals surface area contributed by atoms with Crippen molar-refractivity contribution >= 4 is 37.5 Å². The number of benzene rings is 1. The molecule has 3 heterocycles. The lowest BCUT2D eigenvalue weighted by molar-refractivity contribution is -0.145. The summed E-state index contributed by atoms with van der Waals surface area (Å²) in [4.78, 5) is 18.9. The first-order valence-electron chi connectivity index (χ1n) is 9.19. The molecule has 0 spiro atoms. The molecule has 0 atom stereocenters. The van der Waals surface area contributed by atoms with Crippen molar-refractivity contribution in [2.75, 3.05) is 39.5 Å². The lowest BCUT2D eigenvalue weighted by atomic mass is 9.95. The molecule has 2 fully saturated rings. The molecule has 2 saturated heterocycles. The third-order valence-electron chi connectivity index (χ3n) is 5.28. The molecule has 0 radical (unpaired) electrons. The van der Waals surface area contributed by atoms with E-state index in [1.54, 1.807) is 12.0 Å². The molecule has 2 aliphatic rings. The monoisotopic (exact) mass is 425 g/mol. The van der Waals surface area contributed by atoms with Crippen LogP contribution in [0, 0.1) is 5.92 Å². The highest BCUT2D eigenvalue weighted by Crippen LogP contribution is 2.34. The van der Waals surface area contributed by atoms with Crippen LogP contribution in [0.4, 0.5) is 0 Å². The molecule has 4 rings (SSSR count). The van der Waals surface area contributed by atoms with Gasteiger partial charge in [-0.3, -0.25) is 4.79 Å². The number of aromatic nitrogens is 1. The number of nitrogens with zero attached hydrogens (tertiary/aromatic N) is 3. The van der Waals surface area contributed by atoms with Gasteiger partial charge in [-0.1, -0.05) is 17.4 Å². The number of carbonyl (C=O) groups excluding carboxylic acids is 1. The second-order valence-electron chi connectivity index (χ2n) is 7.21. The number of methoxy groups -OCH3 is 1. The Bertz CT molecular complexity index is 976. The Labute approximate surface area is 168 Å². The molecule has 28 heavy (non-hydrogen) atoms. The van der Waals surface area contributed by atoms with E-state index in [-0.39, 0.29) is 17.9 Å². The summed E-state index contributed by atoms with van der Waals surface area (Å²) >= 11 is 1.47. The van der Waals surface area contributed by atoms with Crippen molar-refractivity contribution in [3.63, 3.8) is 0 Å². The molecular formula is C18H23N3O5S2. The maximum atomic E-state index is 12.6. The molecule has 1 amide bonds. The summed E-state index contributed by atoms with van der Waals surface area (Å²) in [6.07, 6.45) is 2.30. The number of sulfonamides is 1. The van der Waals surface area contributed by atoms with E-state index >= 15 is 0 Å². The highest BCUT2D eigenvalue weighted by molar-refractivity contribution is 7.88. The highest BCUT2D eigenvalue weighted by Gasteiger charge is 2.38. The molecule has 2 aromatic rings. The quantitative estimate of drug-likeness (QED) is 0.722. The van der Waals surface area contributed by atoms with Crippen molar-refractivity contribution in [1.82, 2.24) is 14.2 Å². The van der Waals surface area contributed by atoms with Gasteiger partial charge in [-0.2, -0.15) is 4.98 Å². The van der Waals surface area contributed by atoms with Gasteiger partial charge < -0.3 is 14.4 Å². The number of likely N-dealkylation sites (tertiary alicyclic amines) is 1. The highest BCUT2D eigenvalue weighted by atomic mass is 32.2. The third kappa shape index (κ3) is 3.81. The van der Waals surface area contributed by atoms with E-state index in [0.29, 0.717) is 44.2 Å². The van der Waals surface area contributed by atoms with Gasteiger partial charge in [0, 0.05) is 19.0 Å². The second-order valence-corrected chi connectivity index (χ2v) is 10.2. The fourth-order valence-corrected chi connectivity index (χ4v) is 5.42. The Hall–Kier alpha value is -1.91. The van der Waals surface area contributed by atoms with Crippen molar-refractivity contribution in [1.29, 1.82) is 0 Å². The number of carbonyl (C=O) groups is 1. The van der Waals surface area contributed by atoms with E-state index in [2.05, 4.69) is 4.98 Å². The van der Waals surface area contributed by atoms with Crippen LogP contribution in [0.3, 0.4) is 0 Å². The Morgan fingerprint density at radius 1 is 1.25 bits per heavy atom. The number of thiazole rings is 1. The van der Waals surface area contributed by atoms with E-state index in [1.165, 1.54) is 21.9 Å². The molecule has 10 heteroatoms. The summed E-state index contributed by atoms with van der Waals surface area (Å²) in [5, 5.41) is 0.582. The molecular weight excluding hydrogens is 402 g/mol. The normalized spacial score (nSPS) is 19.6. The zero-order valence-electron chi connectivity index (χ0n) is 15.8. The molecule has 152 valence electrons. The fraction of sp³-hybridized carbons (Fsp3) is 0.556. The second kappa shape index (κ2) is 7.49. The maximum Gasteiger partial charge on any atom is 0.274 e. The molecule has 0 saturated carbocycles. The lowest BCUT2D eigenvalue weighted by Gasteiger charge is -2.41. The molecule has 2 aliphatic heterocycles. The summed E-state index contributed by atoms with van der Waals surface area (Å²) in [7, 11) is -1.56. The minimum absolute atomic E-state index is 0.0633.